The van der Waals surface area contributed by atoms with Gasteiger partial charge in [0.2, 0.25) is 5.88 Å². The van der Waals surface area contributed by atoms with Crippen LogP contribution in [0.3, 0.4) is 0 Å². The van der Waals surface area contributed by atoms with Gasteiger partial charge in [0.25, 0.3) is 5.91 Å². The van der Waals surface area contributed by atoms with Crippen molar-refractivity contribution in [2.24, 2.45) is 0 Å². The molecule has 1 saturated heterocycles. The number of ether oxygens (including phenoxy) is 2. The van der Waals surface area contributed by atoms with Crippen LogP contribution in [0.2, 0.25) is 0 Å². The second-order valence-electron chi connectivity index (χ2n) is 5.69. The normalized spacial score (nSPS) is 21.4. The van der Waals surface area contributed by atoms with Gasteiger partial charge >= 0.3 is 0 Å². The Morgan fingerprint density at radius 3 is 2.83 bits per heavy atom. The summed E-state index contributed by atoms with van der Waals surface area (Å²) in [5.74, 6) is 0.354. The van der Waals surface area contributed by atoms with Crippen LogP contribution in [-0.4, -0.2) is 52.7 Å². The van der Waals surface area contributed by atoms with Crippen molar-refractivity contribution in [1.29, 1.82) is 0 Å². The highest BCUT2D eigenvalue weighted by molar-refractivity contribution is 9.10. The summed E-state index contributed by atoms with van der Waals surface area (Å²) in [5.41, 5.74) is 0.777. The second-order valence-corrected chi connectivity index (χ2v) is 6.60. The highest BCUT2D eigenvalue weighted by atomic mass is 79.9. The molecule has 1 aromatic heterocycles. The molecule has 0 radical (unpaired) electrons. The molecule has 0 bridgehead atoms. The lowest BCUT2D eigenvalue weighted by molar-refractivity contribution is -0.145. The van der Waals surface area contributed by atoms with E-state index in [-0.39, 0.29) is 24.7 Å². The number of benzene rings is 1. The number of hydrogen-bond acceptors (Lipinski definition) is 5. The van der Waals surface area contributed by atoms with Gasteiger partial charge in [-0.3, -0.25) is 4.79 Å². The van der Waals surface area contributed by atoms with Crippen LogP contribution in [0.15, 0.2) is 29.0 Å². The Labute approximate surface area is 142 Å². The van der Waals surface area contributed by atoms with E-state index >= 15 is 0 Å². The molecule has 0 unspecified atom stereocenters. The zero-order valence-corrected chi connectivity index (χ0v) is 14.6. The molecule has 0 spiro atoms. The average Bonchev–Trinajstić information content (AvgIpc) is 2.51. The lowest BCUT2D eigenvalue weighted by Crippen LogP contribution is -2.49. The lowest BCUT2D eigenvalue weighted by atomic mass is 10.2. The highest BCUT2D eigenvalue weighted by Crippen LogP contribution is 2.25. The fourth-order valence-corrected chi connectivity index (χ4v) is 3.08. The number of morpholine rings is 1. The Morgan fingerprint density at radius 2 is 2.09 bits per heavy atom. The van der Waals surface area contributed by atoms with Gasteiger partial charge in [0.1, 0.15) is 6.33 Å². The van der Waals surface area contributed by atoms with Gasteiger partial charge in [0.05, 0.1) is 23.1 Å². The summed E-state index contributed by atoms with van der Waals surface area (Å²) in [4.78, 5) is 22.5. The largest absolute Gasteiger partial charge is 0.467 e. The van der Waals surface area contributed by atoms with Gasteiger partial charge in [-0.2, -0.15) is 0 Å². The molecule has 1 amide bonds. The van der Waals surface area contributed by atoms with Crippen molar-refractivity contribution < 1.29 is 14.3 Å². The molecule has 2 heterocycles. The van der Waals surface area contributed by atoms with Crippen LogP contribution in [0.1, 0.15) is 13.8 Å². The summed E-state index contributed by atoms with van der Waals surface area (Å²) in [7, 11) is 0. The van der Waals surface area contributed by atoms with E-state index in [1.165, 1.54) is 6.33 Å². The topological polar surface area (TPSA) is 64.6 Å². The van der Waals surface area contributed by atoms with E-state index in [9.17, 15) is 4.79 Å². The smallest absolute Gasteiger partial charge is 0.260 e. The van der Waals surface area contributed by atoms with E-state index in [2.05, 4.69) is 25.9 Å². The SMILES string of the molecule is C[C@H]1CN(C(=O)COc2ncnc3ccc(Br)cc23)C[C@H](C)O1. The summed E-state index contributed by atoms with van der Waals surface area (Å²) < 4.78 is 12.2. The first-order valence-corrected chi connectivity index (χ1v) is 8.28. The van der Waals surface area contributed by atoms with Crippen molar-refractivity contribution in [3.05, 3.63) is 29.0 Å². The Balaban J connectivity index is 1.71. The maximum atomic E-state index is 12.4. The zero-order chi connectivity index (χ0) is 16.4. The van der Waals surface area contributed by atoms with Crippen LogP contribution in [-0.2, 0) is 9.53 Å². The van der Waals surface area contributed by atoms with Crippen LogP contribution in [0, 0.1) is 0 Å². The number of carbonyl (C=O) groups excluding carboxylic acids is 1. The molecule has 0 aliphatic carbocycles. The van der Waals surface area contributed by atoms with Crippen LogP contribution in [0.4, 0.5) is 0 Å². The molecule has 1 aliphatic rings. The van der Waals surface area contributed by atoms with Crippen molar-refractivity contribution in [3.8, 4) is 5.88 Å². The number of halogens is 1. The molecular formula is C16H18BrN3O3. The van der Waals surface area contributed by atoms with E-state index in [1.54, 1.807) is 4.90 Å². The number of carbonyl (C=O) groups is 1. The van der Waals surface area contributed by atoms with Crippen LogP contribution in [0.25, 0.3) is 10.9 Å². The molecule has 1 aromatic carbocycles. The number of rotatable bonds is 3. The van der Waals surface area contributed by atoms with Gasteiger partial charge in [0, 0.05) is 17.6 Å². The summed E-state index contributed by atoms with van der Waals surface area (Å²) in [6, 6.07) is 5.66. The quantitative estimate of drug-likeness (QED) is 0.818. The third kappa shape index (κ3) is 3.79. The average molecular weight is 380 g/mol. The lowest BCUT2D eigenvalue weighted by Gasteiger charge is -2.35. The monoisotopic (exact) mass is 379 g/mol. The Hall–Kier alpha value is -1.73. The first kappa shape index (κ1) is 16.1. The minimum Gasteiger partial charge on any atom is -0.467 e. The third-order valence-electron chi connectivity index (χ3n) is 3.67. The maximum absolute atomic E-state index is 12.4. The Morgan fingerprint density at radius 1 is 1.35 bits per heavy atom. The summed E-state index contributed by atoms with van der Waals surface area (Å²) >= 11 is 3.42. The van der Waals surface area contributed by atoms with Crippen molar-refractivity contribution in [2.75, 3.05) is 19.7 Å². The van der Waals surface area contributed by atoms with E-state index in [1.807, 2.05) is 32.0 Å². The van der Waals surface area contributed by atoms with Crippen molar-refractivity contribution in [3.63, 3.8) is 0 Å². The van der Waals surface area contributed by atoms with Gasteiger partial charge in [0.15, 0.2) is 6.61 Å². The molecule has 2 atom stereocenters. The third-order valence-corrected chi connectivity index (χ3v) is 4.16. The van der Waals surface area contributed by atoms with Crippen LogP contribution in [0.5, 0.6) is 5.88 Å². The van der Waals surface area contributed by atoms with Crippen molar-refractivity contribution in [2.45, 2.75) is 26.1 Å². The first-order valence-electron chi connectivity index (χ1n) is 7.49. The Bertz CT molecular complexity index is 715. The van der Waals surface area contributed by atoms with Crippen LogP contribution >= 0.6 is 15.9 Å². The number of fused-ring (bicyclic) bond motifs is 1. The van der Waals surface area contributed by atoms with E-state index in [0.717, 1.165) is 15.4 Å². The standard InChI is InChI=1S/C16H18BrN3O3/c1-10-6-20(7-11(2)23-10)15(21)8-22-16-13-5-12(17)3-4-14(13)18-9-19-16/h3-5,9-11H,6-8H2,1-2H3/t10-,11-/m0/s1. The fraction of sp³-hybridized carbons (Fsp3) is 0.438. The fourth-order valence-electron chi connectivity index (χ4n) is 2.72. The number of amides is 1. The number of aromatic nitrogens is 2. The molecule has 2 aromatic rings. The zero-order valence-electron chi connectivity index (χ0n) is 13.0. The van der Waals surface area contributed by atoms with Gasteiger partial charge in [-0.25, -0.2) is 9.97 Å². The number of hydrogen-bond donors (Lipinski definition) is 0. The van der Waals surface area contributed by atoms with Gasteiger partial charge in [-0.1, -0.05) is 15.9 Å². The molecule has 7 heteroatoms. The van der Waals surface area contributed by atoms with E-state index in [0.29, 0.717) is 19.0 Å². The Kier molecular flexibility index (Phi) is 4.77. The van der Waals surface area contributed by atoms with Crippen molar-refractivity contribution in [1.82, 2.24) is 14.9 Å². The molecule has 6 nitrogen and oxygen atoms in total. The van der Waals surface area contributed by atoms with Crippen LogP contribution < -0.4 is 4.74 Å². The van der Waals surface area contributed by atoms with Gasteiger partial charge in [-0.05, 0) is 32.0 Å². The maximum Gasteiger partial charge on any atom is 0.260 e. The molecule has 0 N–H and O–H groups in total. The van der Waals surface area contributed by atoms with E-state index < -0.39 is 0 Å². The van der Waals surface area contributed by atoms with E-state index in [4.69, 9.17) is 9.47 Å². The molecule has 122 valence electrons. The highest BCUT2D eigenvalue weighted by Gasteiger charge is 2.26. The minimum absolute atomic E-state index is 0.0403. The van der Waals surface area contributed by atoms with Gasteiger partial charge in [-0.15, -0.1) is 0 Å². The molecule has 0 saturated carbocycles. The summed E-state index contributed by atoms with van der Waals surface area (Å²) in [6.45, 7) is 5.06. The molecule has 1 aliphatic heterocycles. The summed E-state index contributed by atoms with van der Waals surface area (Å²) in [5, 5.41) is 0.776. The van der Waals surface area contributed by atoms with Crippen molar-refractivity contribution >= 4 is 32.7 Å². The minimum atomic E-state index is -0.0613. The first-order chi connectivity index (χ1) is 11.0. The number of nitrogens with zero attached hydrogens (tertiary/aromatic N) is 3. The summed E-state index contributed by atoms with van der Waals surface area (Å²) in [6.07, 6.45) is 1.52. The second kappa shape index (κ2) is 6.80. The predicted octanol–water partition coefficient (Wildman–Crippen LogP) is 2.41. The molecule has 23 heavy (non-hydrogen) atoms. The molecule has 1 fully saturated rings. The molecule has 3 rings (SSSR count). The predicted molar refractivity (Wildman–Crippen MR) is 89.3 cm³/mol. The van der Waals surface area contributed by atoms with Gasteiger partial charge < -0.3 is 14.4 Å². The molecular weight excluding hydrogens is 362 g/mol.